The molecule has 1 fully saturated rings. The van der Waals surface area contributed by atoms with E-state index in [1.54, 1.807) is 17.3 Å². The first-order valence-electron chi connectivity index (χ1n) is 8.98. The number of ether oxygens (including phenoxy) is 1. The summed E-state index contributed by atoms with van der Waals surface area (Å²) in [6, 6.07) is 9.60. The van der Waals surface area contributed by atoms with Crippen molar-refractivity contribution in [3.63, 3.8) is 0 Å². The van der Waals surface area contributed by atoms with Gasteiger partial charge in [0.2, 0.25) is 5.82 Å². The second-order valence-electron chi connectivity index (χ2n) is 7.55. The third-order valence-electron chi connectivity index (χ3n) is 4.14. The fourth-order valence-corrected chi connectivity index (χ4v) is 2.85. The minimum absolute atomic E-state index is 0.116. The highest BCUT2D eigenvalue weighted by atomic mass is 16.6. The molecule has 2 aromatic rings. The summed E-state index contributed by atoms with van der Waals surface area (Å²) in [7, 11) is 0. The van der Waals surface area contributed by atoms with E-state index in [1.165, 1.54) is 0 Å². The summed E-state index contributed by atoms with van der Waals surface area (Å²) in [5.74, 6) is -0.226. The van der Waals surface area contributed by atoms with E-state index in [9.17, 15) is 9.59 Å². The summed E-state index contributed by atoms with van der Waals surface area (Å²) in [4.78, 5) is 34.4. The topological polar surface area (TPSA) is 84.4 Å². The van der Waals surface area contributed by atoms with Gasteiger partial charge in [-0.05, 0) is 32.8 Å². The number of aromatic nitrogens is 2. The highest BCUT2D eigenvalue weighted by Gasteiger charge is 2.31. The zero-order valence-corrected chi connectivity index (χ0v) is 15.8. The zero-order valence-electron chi connectivity index (χ0n) is 15.8. The molecule has 1 aliphatic heterocycles. The van der Waals surface area contributed by atoms with E-state index in [-0.39, 0.29) is 23.9 Å². The summed E-state index contributed by atoms with van der Waals surface area (Å²) < 4.78 is 5.36. The number of amides is 2. The largest absolute Gasteiger partial charge is 0.444 e. The molecule has 0 saturated carbocycles. The Kier molecular flexibility index (Phi) is 5.39. The lowest BCUT2D eigenvalue weighted by atomic mass is 10.1. The summed E-state index contributed by atoms with van der Waals surface area (Å²) in [5.41, 5.74) is 1.31. The van der Waals surface area contributed by atoms with E-state index in [0.29, 0.717) is 19.5 Å². The van der Waals surface area contributed by atoms with Gasteiger partial charge in [-0.3, -0.25) is 4.79 Å². The predicted molar refractivity (Wildman–Crippen MR) is 101 cm³/mol. The van der Waals surface area contributed by atoms with Gasteiger partial charge in [0.15, 0.2) is 0 Å². The fourth-order valence-electron chi connectivity index (χ4n) is 2.85. The van der Waals surface area contributed by atoms with Crippen molar-refractivity contribution >= 4 is 12.0 Å². The molecule has 1 atom stereocenters. The molecule has 7 heteroatoms. The van der Waals surface area contributed by atoms with Crippen LogP contribution < -0.4 is 5.32 Å². The Balaban J connectivity index is 1.56. The Hall–Kier alpha value is -2.96. The number of hydrogen-bond acceptors (Lipinski definition) is 5. The van der Waals surface area contributed by atoms with Gasteiger partial charge in [-0.15, -0.1) is 0 Å². The van der Waals surface area contributed by atoms with Crippen LogP contribution in [0.15, 0.2) is 42.7 Å². The van der Waals surface area contributed by atoms with Crippen LogP contribution in [0.1, 0.15) is 37.8 Å². The van der Waals surface area contributed by atoms with Gasteiger partial charge in [0.25, 0.3) is 5.91 Å². The fraction of sp³-hybridized carbons (Fsp3) is 0.400. The Morgan fingerprint density at radius 1 is 1.11 bits per heavy atom. The molecule has 1 N–H and O–H groups in total. The van der Waals surface area contributed by atoms with Crippen molar-refractivity contribution in [2.75, 3.05) is 13.1 Å². The molecule has 0 radical (unpaired) electrons. The summed E-state index contributed by atoms with van der Waals surface area (Å²) in [6.45, 7) is 6.46. The average molecular weight is 368 g/mol. The van der Waals surface area contributed by atoms with Crippen molar-refractivity contribution in [1.82, 2.24) is 20.2 Å². The number of rotatable bonds is 3. The molecular formula is C20H24N4O3. The quantitative estimate of drug-likeness (QED) is 0.900. The maximum Gasteiger partial charge on any atom is 0.410 e. The number of carbonyl (C=O) groups is 2. The second kappa shape index (κ2) is 7.73. The third-order valence-corrected chi connectivity index (χ3v) is 4.14. The van der Waals surface area contributed by atoms with Gasteiger partial charge < -0.3 is 15.0 Å². The minimum atomic E-state index is -0.535. The van der Waals surface area contributed by atoms with Gasteiger partial charge in [0, 0.05) is 37.1 Å². The molecule has 142 valence electrons. The number of hydrogen-bond donors (Lipinski definition) is 1. The van der Waals surface area contributed by atoms with E-state index < -0.39 is 5.60 Å². The summed E-state index contributed by atoms with van der Waals surface area (Å²) in [6.07, 6.45) is 3.59. The van der Waals surface area contributed by atoms with Crippen LogP contribution in [0.4, 0.5) is 4.79 Å². The molecule has 1 saturated heterocycles. The lowest BCUT2D eigenvalue weighted by molar-refractivity contribution is 0.0290. The summed E-state index contributed by atoms with van der Waals surface area (Å²) >= 11 is 0. The SMILES string of the molecule is CC(C)(C)OC(=O)N1CCC(NC(=O)c2ncc(-c3ccccc3)cn2)C1. The molecular weight excluding hydrogens is 344 g/mol. The Labute approximate surface area is 158 Å². The maximum absolute atomic E-state index is 12.4. The highest BCUT2D eigenvalue weighted by Crippen LogP contribution is 2.17. The van der Waals surface area contributed by atoms with Crippen LogP contribution in [0, 0.1) is 0 Å². The molecule has 2 amide bonds. The Bertz CT molecular complexity index is 800. The zero-order chi connectivity index (χ0) is 19.4. The van der Waals surface area contributed by atoms with Crippen LogP contribution in [0.5, 0.6) is 0 Å². The normalized spacial score (nSPS) is 16.9. The van der Waals surface area contributed by atoms with E-state index in [2.05, 4.69) is 15.3 Å². The lowest BCUT2D eigenvalue weighted by Gasteiger charge is -2.24. The number of likely N-dealkylation sites (tertiary alicyclic amines) is 1. The monoisotopic (exact) mass is 368 g/mol. The molecule has 1 aliphatic rings. The first kappa shape index (κ1) is 18.8. The first-order chi connectivity index (χ1) is 12.8. The summed E-state index contributed by atoms with van der Waals surface area (Å²) in [5, 5.41) is 2.89. The highest BCUT2D eigenvalue weighted by molar-refractivity contribution is 5.90. The molecule has 2 heterocycles. The standard InChI is InChI=1S/C20H24N4O3/c1-20(2,3)27-19(26)24-10-9-16(13-24)23-18(25)17-21-11-15(12-22-17)14-7-5-4-6-8-14/h4-8,11-12,16H,9-10,13H2,1-3H3,(H,23,25). The lowest BCUT2D eigenvalue weighted by Crippen LogP contribution is -2.40. The van der Waals surface area contributed by atoms with Crippen molar-refractivity contribution in [3.05, 3.63) is 48.5 Å². The van der Waals surface area contributed by atoms with Crippen LogP contribution in [0.3, 0.4) is 0 Å². The van der Waals surface area contributed by atoms with Gasteiger partial charge in [0.1, 0.15) is 5.60 Å². The second-order valence-corrected chi connectivity index (χ2v) is 7.55. The van der Waals surface area contributed by atoms with Crippen LogP contribution in [-0.4, -0.2) is 51.6 Å². The molecule has 0 aliphatic carbocycles. The van der Waals surface area contributed by atoms with E-state index >= 15 is 0 Å². The van der Waals surface area contributed by atoms with E-state index in [1.807, 2.05) is 51.1 Å². The van der Waals surface area contributed by atoms with Crippen LogP contribution in [0.2, 0.25) is 0 Å². The molecule has 0 spiro atoms. The van der Waals surface area contributed by atoms with Gasteiger partial charge in [0.05, 0.1) is 0 Å². The number of nitrogens with one attached hydrogen (secondary N) is 1. The molecule has 1 unspecified atom stereocenters. The van der Waals surface area contributed by atoms with Crippen molar-refractivity contribution < 1.29 is 14.3 Å². The Morgan fingerprint density at radius 2 is 1.78 bits per heavy atom. The number of benzene rings is 1. The van der Waals surface area contributed by atoms with E-state index in [0.717, 1.165) is 11.1 Å². The van der Waals surface area contributed by atoms with Gasteiger partial charge in [-0.2, -0.15) is 0 Å². The van der Waals surface area contributed by atoms with Gasteiger partial charge in [-0.1, -0.05) is 30.3 Å². The van der Waals surface area contributed by atoms with Crippen molar-refractivity contribution in [1.29, 1.82) is 0 Å². The third kappa shape index (κ3) is 5.03. The van der Waals surface area contributed by atoms with Gasteiger partial charge >= 0.3 is 6.09 Å². The predicted octanol–water partition coefficient (Wildman–Crippen LogP) is 2.88. The van der Waals surface area contributed by atoms with E-state index in [4.69, 9.17) is 4.74 Å². The van der Waals surface area contributed by atoms with Crippen molar-refractivity contribution in [3.8, 4) is 11.1 Å². The maximum atomic E-state index is 12.4. The number of carbonyl (C=O) groups excluding carboxylic acids is 2. The van der Waals surface area contributed by atoms with Crippen LogP contribution in [-0.2, 0) is 4.74 Å². The molecule has 27 heavy (non-hydrogen) atoms. The molecule has 1 aromatic carbocycles. The van der Waals surface area contributed by atoms with Gasteiger partial charge in [-0.25, -0.2) is 14.8 Å². The first-order valence-corrected chi connectivity index (χ1v) is 8.98. The number of nitrogens with zero attached hydrogens (tertiary/aromatic N) is 3. The minimum Gasteiger partial charge on any atom is -0.444 e. The van der Waals surface area contributed by atoms with Crippen LogP contribution >= 0.6 is 0 Å². The van der Waals surface area contributed by atoms with Crippen molar-refractivity contribution in [2.45, 2.75) is 38.8 Å². The van der Waals surface area contributed by atoms with Crippen LogP contribution in [0.25, 0.3) is 11.1 Å². The molecule has 0 bridgehead atoms. The molecule has 3 rings (SSSR count). The molecule has 1 aromatic heterocycles. The average Bonchev–Trinajstić information content (AvgIpc) is 3.10. The van der Waals surface area contributed by atoms with Crippen molar-refractivity contribution in [2.24, 2.45) is 0 Å². The molecule has 7 nitrogen and oxygen atoms in total. The smallest absolute Gasteiger partial charge is 0.410 e. The Morgan fingerprint density at radius 3 is 2.41 bits per heavy atom.